The Morgan fingerprint density at radius 2 is 1.18 bits per heavy atom. The van der Waals surface area contributed by atoms with Crippen LogP contribution in [0.1, 0.15) is 129 Å². The van der Waals surface area contributed by atoms with Gasteiger partial charge >= 0.3 is 13.8 Å². The molecule has 0 saturated heterocycles. The zero-order valence-corrected chi connectivity index (χ0v) is 27.0. The topological polar surface area (TPSA) is 91.3 Å². The van der Waals surface area contributed by atoms with E-state index in [0.717, 1.165) is 12.8 Å². The molecule has 0 aliphatic carbocycles. The van der Waals surface area contributed by atoms with Crippen molar-refractivity contribution in [1.82, 2.24) is 0 Å². The molecule has 2 unspecified atom stereocenters. The van der Waals surface area contributed by atoms with Crippen molar-refractivity contribution < 1.29 is 37.3 Å². The molecule has 234 valence electrons. The van der Waals surface area contributed by atoms with E-state index in [4.69, 9.17) is 18.5 Å². The molecule has 0 aliphatic rings. The number of nitrogens with zero attached hydrogens (tertiary/aromatic N) is 1. The van der Waals surface area contributed by atoms with Gasteiger partial charge in [-0.1, -0.05) is 110 Å². The Bertz CT molecular complexity index is 613. The molecule has 0 spiro atoms. The maximum atomic E-state index is 12.2. The fourth-order valence-corrected chi connectivity index (χ4v) is 4.92. The predicted octanol–water partition coefficient (Wildman–Crippen LogP) is 7.82. The van der Waals surface area contributed by atoms with Crippen molar-refractivity contribution in [2.75, 3.05) is 54.1 Å². The van der Waals surface area contributed by atoms with Crippen molar-refractivity contribution in [2.45, 2.75) is 136 Å². The first-order valence-electron chi connectivity index (χ1n) is 15.8. The fourth-order valence-electron chi connectivity index (χ4n) is 4.18. The van der Waals surface area contributed by atoms with E-state index < -0.39 is 13.9 Å². The van der Waals surface area contributed by atoms with Crippen LogP contribution in [-0.2, 0) is 27.9 Å². The number of quaternary nitrogens is 1. The molecule has 1 N–H and O–H groups in total. The Morgan fingerprint density at radius 3 is 1.64 bits per heavy atom. The molecule has 8 nitrogen and oxygen atoms in total. The summed E-state index contributed by atoms with van der Waals surface area (Å²) in [4.78, 5) is 21.9. The Balaban J connectivity index is 3.89. The quantitative estimate of drug-likeness (QED) is 0.0417. The molecule has 0 aliphatic heterocycles. The number of carbonyl (C=O) groups excluding carboxylic acids is 1. The van der Waals surface area contributed by atoms with Crippen LogP contribution in [0.2, 0.25) is 0 Å². The third-order valence-electron chi connectivity index (χ3n) is 6.64. The van der Waals surface area contributed by atoms with Gasteiger partial charge < -0.3 is 18.9 Å². The van der Waals surface area contributed by atoms with Gasteiger partial charge in [-0.2, -0.15) is 0 Å². The minimum absolute atomic E-state index is 0.0906. The Hall–Kier alpha value is -0.500. The monoisotopic (exact) mass is 580 g/mol. The van der Waals surface area contributed by atoms with E-state index in [2.05, 4.69) is 6.92 Å². The number of carbonyl (C=O) groups is 1. The van der Waals surface area contributed by atoms with Crippen LogP contribution in [0.25, 0.3) is 0 Å². The van der Waals surface area contributed by atoms with Gasteiger partial charge in [-0.05, 0) is 12.8 Å². The molecule has 39 heavy (non-hydrogen) atoms. The van der Waals surface area contributed by atoms with Crippen LogP contribution in [0.5, 0.6) is 0 Å². The zero-order chi connectivity index (χ0) is 29.2. The van der Waals surface area contributed by atoms with Crippen molar-refractivity contribution in [3.63, 3.8) is 0 Å². The molecule has 0 amide bonds. The lowest BCUT2D eigenvalue weighted by molar-refractivity contribution is -0.870. The van der Waals surface area contributed by atoms with E-state index in [1.807, 2.05) is 28.1 Å². The summed E-state index contributed by atoms with van der Waals surface area (Å²) in [6, 6.07) is 0. The summed E-state index contributed by atoms with van der Waals surface area (Å²) in [6.07, 6.45) is 21.3. The molecule has 0 aromatic rings. The lowest BCUT2D eigenvalue weighted by atomic mass is 10.0. The molecule has 2 atom stereocenters. The molecule has 0 rings (SSSR count). The van der Waals surface area contributed by atoms with Gasteiger partial charge in [-0.3, -0.25) is 13.8 Å². The summed E-state index contributed by atoms with van der Waals surface area (Å²) >= 11 is 0. The summed E-state index contributed by atoms with van der Waals surface area (Å²) in [5, 5.41) is 0. The Kier molecular flexibility index (Phi) is 24.9. The second kappa shape index (κ2) is 25.2. The normalized spacial score (nSPS) is 14.3. The predicted molar refractivity (Wildman–Crippen MR) is 160 cm³/mol. The first-order valence-corrected chi connectivity index (χ1v) is 17.3. The van der Waals surface area contributed by atoms with Crippen LogP contribution in [0.15, 0.2) is 0 Å². The number of esters is 1. The second-order valence-corrected chi connectivity index (χ2v) is 13.3. The van der Waals surface area contributed by atoms with Gasteiger partial charge in [0.25, 0.3) is 0 Å². The molecule has 0 radical (unpaired) electrons. The number of ether oxygens (including phenoxy) is 2. The van der Waals surface area contributed by atoms with Crippen LogP contribution >= 0.6 is 7.82 Å². The number of phosphoric ester groups is 1. The van der Waals surface area contributed by atoms with Crippen molar-refractivity contribution in [1.29, 1.82) is 0 Å². The van der Waals surface area contributed by atoms with Crippen molar-refractivity contribution in [3.8, 4) is 0 Å². The average molecular weight is 581 g/mol. The molecule has 0 heterocycles. The number of unbranched alkanes of at least 4 members (excludes halogenated alkanes) is 15. The van der Waals surface area contributed by atoms with Crippen LogP contribution < -0.4 is 0 Å². The number of hydrogen-bond donors (Lipinski definition) is 1. The summed E-state index contributed by atoms with van der Waals surface area (Å²) in [5.74, 6) is -0.365. The number of rotatable bonds is 29. The number of phosphoric acid groups is 1. The van der Waals surface area contributed by atoms with E-state index in [-0.39, 0.29) is 32.2 Å². The summed E-state index contributed by atoms with van der Waals surface area (Å²) in [5.41, 5.74) is 0. The molecule has 0 aromatic carbocycles. The van der Waals surface area contributed by atoms with E-state index in [1.54, 1.807) is 0 Å². The van der Waals surface area contributed by atoms with E-state index >= 15 is 0 Å². The maximum absolute atomic E-state index is 12.2. The van der Waals surface area contributed by atoms with Crippen LogP contribution in [0.3, 0.4) is 0 Å². The molecule has 0 fully saturated rings. The second-order valence-electron chi connectivity index (χ2n) is 11.9. The summed E-state index contributed by atoms with van der Waals surface area (Å²) < 4.78 is 34.0. The zero-order valence-electron chi connectivity index (χ0n) is 26.1. The molecular weight excluding hydrogens is 517 g/mol. The van der Waals surface area contributed by atoms with Gasteiger partial charge in [-0.25, -0.2) is 4.57 Å². The number of hydrogen-bond acceptors (Lipinski definition) is 6. The third-order valence-corrected chi connectivity index (χ3v) is 7.62. The molecule has 0 aromatic heterocycles. The SMILES string of the molecule is CCCCCCCCCCCCCCCCCCOCC(COP(=O)(O)OCC[N+](C)(C)C)OC(=O)CCC. The highest BCUT2D eigenvalue weighted by atomic mass is 31.2. The lowest BCUT2D eigenvalue weighted by Gasteiger charge is -2.24. The number of likely N-dealkylation sites (N-methyl/N-ethyl adjacent to an activating group) is 1. The third kappa shape index (κ3) is 28.8. The Labute approximate surface area is 240 Å². The van der Waals surface area contributed by atoms with Crippen LogP contribution in [0, 0.1) is 0 Å². The van der Waals surface area contributed by atoms with Gasteiger partial charge in [0.2, 0.25) is 0 Å². The average Bonchev–Trinajstić information content (AvgIpc) is 2.85. The van der Waals surface area contributed by atoms with Crippen LogP contribution in [0.4, 0.5) is 0 Å². The van der Waals surface area contributed by atoms with Gasteiger partial charge in [0.1, 0.15) is 19.3 Å². The fraction of sp³-hybridized carbons (Fsp3) is 0.967. The van der Waals surface area contributed by atoms with Crippen molar-refractivity contribution >= 4 is 13.8 Å². The highest BCUT2D eigenvalue weighted by Crippen LogP contribution is 2.43. The van der Waals surface area contributed by atoms with E-state index in [9.17, 15) is 14.3 Å². The van der Waals surface area contributed by atoms with Gasteiger partial charge in [0.05, 0.1) is 34.4 Å². The Morgan fingerprint density at radius 1 is 0.692 bits per heavy atom. The van der Waals surface area contributed by atoms with Crippen LogP contribution in [-0.4, -0.2) is 75.6 Å². The molecule has 0 saturated carbocycles. The standard InChI is InChI=1S/C30H62NO7P/c1-6-8-9-10-11-12-13-14-15-16-17-18-19-20-21-22-25-35-27-29(38-30(32)23-7-2)28-37-39(33,34)36-26-24-31(3,4)5/h29H,6-28H2,1-5H3/p+1. The summed E-state index contributed by atoms with van der Waals surface area (Å²) in [6.45, 7) is 5.27. The molecular formula is C30H63NO7P+. The largest absolute Gasteiger partial charge is 0.472 e. The minimum Gasteiger partial charge on any atom is -0.457 e. The minimum atomic E-state index is -4.23. The van der Waals surface area contributed by atoms with E-state index in [1.165, 1.54) is 89.9 Å². The van der Waals surface area contributed by atoms with Crippen molar-refractivity contribution in [3.05, 3.63) is 0 Å². The highest BCUT2D eigenvalue weighted by Gasteiger charge is 2.26. The maximum Gasteiger partial charge on any atom is 0.472 e. The lowest BCUT2D eigenvalue weighted by Crippen LogP contribution is -2.37. The smallest absolute Gasteiger partial charge is 0.457 e. The van der Waals surface area contributed by atoms with Crippen molar-refractivity contribution in [2.24, 2.45) is 0 Å². The first-order chi connectivity index (χ1) is 18.6. The summed E-state index contributed by atoms with van der Waals surface area (Å²) in [7, 11) is 1.67. The highest BCUT2D eigenvalue weighted by molar-refractivity contribution is 7.47. The van der Waals surface area contributed by atoms with E-state index in [0.29, 0.717) is 24.1 Å². The van der Waals surface area contributed by atoms with Gasteiger partial charge in [0, 0.05) is 13.0 Å². The molecule has 9 heteroatoms. The van der Waals surface area contributed by atoms with Gasteiger partial charge in [0.15, 0.2) is 0 Å². The first kappa shape index (κ1) is 38.5. The van der Waals surface area contributed by atoms with Gasteiger partial charge in [-0.15, -0.1) is 0 Å². The molecule has 0 bridgehead atoms.